The Bertz CT molecular complexity index is 3970. The van der Waals surface area contributed by atoms with E-state index in [0.29, 0.717) is 0 Å². The Labute approximate surface area is 370 Å². The highest BCUT2D eigenvalue weighted by Gasteiger charge is 2.26. The number of nitrogens with zero attached hydrogens (tertiary/aromatic N) is 3. The molecule has 14 rings (SSSR count). The Kier molecular flexibility index (Phi) is 7.46. The van der Waals surface area contributed by atoms with Crippen LogP contribution in [0.25, 0.3) is 99.0 Å². The summed E-state index contributed by atoms with van der Waals surface area (Å²) in [5, 5.41) is 7.69. The average Bonchev–Trinajstić information content (AvgIpc) is 4.10. The van der Waals surface area contributed by atoms with Gasteiger partial charge in [0.05, 0.1) is 33.3 Å². The number of fused-ring (bicyclic) bond motifs is 12. The summed E-state index contributed by atoms with van der Waals surface area (Å²) in [6.45, 7) is 0. The standard InChI is InChI=1S/C61H39N3/c1-3-14-39(15-4-1)40-28-31-45(32-29-40)62(57-26-13-27-58-59(57)54-19-8-10-25-56(54)63(58)44-16-5-2-6-17-44)46-33-35-48-43(38-46)37-42-36-41(30-34-47(42)48)49-20-11-22-52-53-23-12-21-51-50-18-7-9-24-55(50)64(60(49)52)61(51)53/h1-36,38H,37H2. The summed E-state index contributed by atoms with van der Waals surface area (Å²) in [6.07, 6.45) is 0.872. The van der Waals surface area contributed by atoms with Gasteiger partial charge in [-0.1, -0.05) is 164 Å². The molecule has 13 aromatic rings. The second-order valence-electron chi connectivity index (χ2n) is 17.3. The van der Waals surface area contributed by atoms with Crippen LogP contribution in [0.3, 0.4) is 0 Å². The van der Waals surface area contributed by atoms with Crippen LogP contribution in [0.1, 0.15) is 11.1 Å². The number of aromatic nitrogens is 2. The van der Waals surface area contributed by atoms with Crippen LogP contribution in [0.15, 0.2) is 224 Å². The van der Waals surface area contributed by atoms with Gasteiger partial charge in [-0.25, -0.2) is 0 Å². The van der Waals surface area contributed by atoms with Gasteiger partial charge in [0.2, 0.25) is 0 Å². The maximum Gasteiger partial charge on any atom is 0.0620 e. The first kappa shape index (κ1) is 35.2. The minimum absolute atomic E-state index is 0.872. The molecule has 1 aliphatic carbocycles. The zero-order valence-corrected chi connectivity index (χ0v) is 34.9. The van der Waals surface area contributed by atoms with Gasteiger partial charge in [0.1, 0.15) is 0 Å². The molecule has 0 N–H and O–H groups in total. The first-order chi connectivity index (χ1) is 31.8. The highest BCUT2D eigenvalue weighted by atomic mass is 15.1. The van der Waals surface area contributed by atoms with Crippen LogP contribution in [0, 0.1) is 0 Å². The van der Waals surface area contributed by atoms with Gasteiger partial charge < -0.3 is 13.9 Å². The van der Waals surface area contributed by atoms with Crippen LogP contribution in [-0.4, -0.2) is 8.97 Å². The van der Waals surface area contributed by atoms with E-state index in [4.69, 9.17) is 0 Å². The molecule has 0 bridgehead atoms. The van der Waals surface area contributed by atoms with Crippen LogP contribution in [0.5, 0.6) is 0 Å². The van der Waals surface area contributed by atoms with Crippen molar-refractivity contribution in [1.82, 2.24) is 8.97 Å². The van der Waals surface area contributed by atoms with Gasteiger partial charge in [-0.3, -0.25) is 0 Å². The molecule has 0 atom stereocenters. The summed E-state index contributed by atoms with van der Waals surface area (Å²) >= 11 is 0. The normalized spacial score (nSPS) is 12.3. The zero-order valence-electron chi connectivity index (χ0n) is 34.9. The second-order valence-corrected chi connectivity index (χ2v) is 17.3. The molecule has 10 aromatic carbocycles. The topological polar surface area (TPSA) is 12.6 Å². The summed E-state index contributed by atoms with van der Waals surface area (Å²) in [7, 11) is 0. The van der Waals surface area contributed by atoms with Gasteiger partial charge in [-0.2, -0.15) is 0 Å². The number of benzene rings is 10. The van der Waals surface area contributed by atoms with Crippen LogP contribution in [0.2, 0.25) is 0 Å². The Balaban J connectivity index is 0.920. The molecule has 0 saturated heterocycles. The number of rotatable bonds is 6. The van der Waals surface area contributed by atoms with E-state index in [1.807, 2.05) is 0 Å². The van der Waals surface area contributed by atoms with Crippen LogP contribution < -0.4 is 4.90 Å². The van der Waals surface area contributed by atoms with Crippen LogP contribution in [-0.2, 0) is 6.42 Å². The quantitative estimate of drug-likeness (QED) is 0.163. The smallest absolute Gasteiger partial charge is 0.0620 e. The lowest BCUT2D eigenvalue weighted by atomic mass is 9.97. The monoisotopic (exact) mass is 813 g/mol. The SMILES string of the molecule is c1ccc(-c2ccc(N(c3ccc4c(c3)Cc3cc(-c5cccc6c7cccc8c9ccccc9n(c56)c87)ccc3-4)c3cccc4c3c3ccccc3n4-c3ccccc3)cc2)cc1. The fourth-order valence-electron chi connectivity index (χ4n) is 11.1. The van der Waals surface area contributed by atoms with Gasteiger partial charge >= 0.3 is 0 Å². The number of hydrogen-bond donors (Lipinski definition) is 0. The first-order valence-electron chi connectivity index (χ1n) is 22.2. The Morgan fingerprint density at radius 1 is 0.344 bits per heavy atom. The van der Waals surface area contributed by atoms with Gasteiger partial charge in [0, 0.05) is 54.9 Å². The van der Waals surface area contributed by atoms with Crippen molar-refractivity contribution in [3.8, 4) is 39.1 Å². The molecule has 3 nitrogen and oxygen atoms in total. The molecular weight excluding hydrogens is 775 g/mol. The summed E-state index contributed by atoms with van der Waals surface area (Å²) in [4.78, 5) is 2.47. The lowest BCUT2D eigenvalue weighted by Gasteiger charge is -2.27. The molecule has 0 spiro atoms. The van der Waals surface area contributed by atoms with Gasteiger partial charge in [0.15, 0.2) is 0 Å². The third-order valence-electron chi connectivity index (χ3n) is 13.8. The number of para-hydroxylation sites is 5. The van der Waals surface area contributed by atoms with Gasteiger partial charge in [0.25, 0.3) is 0 Å². The van der Waals surface area contributed by atoms with Crippen molar-refractivity contribution in [1.29, 1.82) is 0 Å². The highest BCUT2D eigenvalue weighted by molar-refractivity contribution is 6.25. The third-order valence-corrected chi connectivity index (χ3v) is 13.8. The molecule has 0 amide bonds. The van der Waals surface area contributed by atoms with E-state index in [0.717, 1.165) is 29.2 Å². The predicted molar refractivity (Wildman–Crippen MR) is 269 cm³/mol. The van der Waals surface area contributed by atoms with Crippen molar-refractivity contribution in [2.24, 2.45) is 0 Å². The second kappa shape index (κ2) is 13.5. The van der Waals surface area contributed by atoms with Crippen molar-refractivity contribution in [2.45, 2.75) is 6.42 Å². The largest absolute Gasteiger partial charge is 0.310 e. The molecule has 0 aliphatic heterocycles. The van der Waals surface area contributed by atoms with Crippen molar-refractivity contribution < 1.29 is 0 Å². The lowest BCUT2D eigenvalue weighted by Crippen LogP contribution is -2.11. The molecule has 3 heteroatoms. The molecular formula is C61H39N3. The van der Waals surface area contributed by atoms with E-state index in [1.54, 1.807) is 0 Å². The molecule has 0 unspecified atom stereocenters. The predicted octanol–water partition coefficient (Wildman–Crippen LogP) is 16.3. The van der Waals surface area contributed by atoms with Crippen molar-refractivity contribution in [3.05, 3.63) is 236 Å². The van der Waals surface area contributed by atoms with Gasteiger partial charge in [-0.05, 0) is 106 Å². The maximum atomic E-state index is 2.51. The molecule has 3 heterocycles. The fourth-order valence-corrected chi connectivity index (χ4v) is 11.1. The lowest BCUT2D eigenvalue weighted by molar-refractivity contribution is 1.18. The highest BCUT2D eigenvalue weighted by Crippen LogP contribution is 2.48. The van der Waals surface area contributed by atoms with E-state index >= 15 is 0 Å². The van der Waals surface area contributed by atoms with Crippen molar-refractivity contribution in [2.75, 3.05) is 4.90 Å². The Morgan fingerprint density at radius 3 is 1.72 bits per heavy atom. The summed E-state index contributed by atoms with van der Waals surface area (Å²) in [5.74, 6) is 0. The average molecular weight is 814 g/mol. The molecule has 298 valence electrons. The number of anilines is 3. The van der Waals surface area contributed by atoms with Crippen molar-refractivity contribution >= 4 is 77.0 Å². The molecule has 0 radical (unpaired) electrons. The minimum atomic E-state index is 0.872. The van der Waals surface area contributed by atoms with E-state index in [9.17, 15) is 0 Å². The van der Waals surface area contributed by atoms with E-state index in [1.165, 1.54) is 104 Å². The van der Waals surface area contributed by atoms with Crippen LogP contribution in [0.4, 0.5) is 17.1 Å². The maximum absolute atomic E-state index is 2.51. The fraction of sp³-hybridized carbons (Fsp3) is 0.0164. The van der Waals surface area contributed by atoms with Crippen LogP contribution >= 0.6 is 0 Å². The summed E-state index contributed by atoms with van der Waals surface area (Å²) in [6, 6.07) is 82.8. The van der Waals surface area contributed by atoms with E-state index in [-0.39, 0.29) is 0 Å². The summed E-state index contributed by atoms with van der Waals surface area (Å²) < 4.78 is 4.92. The molecule has 0 saturated carbocycles. The Hall–Kier alpha value is -8.40. The zero-order chi connectivity index (χ0) is 41.9. The third kappa shape index (κ3) is 5.04. The first-order valence-corrected chi connectivity index (χ1v) is 22.2. The van der Waals surface area contributed by atoms with Gasteiger partial charge in [-0.15, -0.1) is 0 Å². The molecule has 64 heavy (non-hydrogen) atoms. The molecule has 0 fully saturated rings. The molecule has 1 aliphatic rings. The molecule has 3 aromatic heterocycles. The Morgan fingerprint density at radius 2 is 0.906 bits per heavy atom. The van der Waals surface area contributed by atoms with E-state index in [2.05, 4.69) is 238 Å². The van der Waals surface area contributed by atoms with Crippen molar-refractivity contribution in [3.63, 3.8) is 0 Å². The van der Waals surface area contributed by atoms with E-state index < -0.39 is 0 Å². The minimum Gasteiger partial charge on any atom is -0.310 e. The number of hydrogen-bond acceptors (Lipinski definition) is 1. The summed E-state index contributed by atoms with van der Waals surface area (Å²) in [5.41, 5.74) is 21.1.